The Morgan fingerprint density at radius 2 is 1.76 bits per heavy atom. The number of carboxylic acid groups (broad SMARTS) is 2. The van der Waals surface area contributed by atoms with Gasteiger partial charge in [-0.2, -0.15) is 0 Å². The lowest BCUT2D eigenvalue weighted by Crippen LogP contribution is -1.96. The van der Waals surface area contributed by atoms with Gasteiger partial charge in [0.1, 0.15) is 0 Å². The third-order valence-corrected chi connectivity index (χ3v) is 2.98. The molecule has 0 spiro atoms. The summed E-state index contributed by atoms with van der Waals surface area (Å²) in [6, 6.07) is 8.29. The summed E-state index contributed by atoms with van der Waals surface area (Å²) in [5.74, 6) is -2.02. The Balaban J connectivity index is 2.44. The predicted octanol–water partition coefficient (Wildman–Crippen LogP) is 2.93. The molecule has 0 saturated heterocycles. The van der Waals surface area contributed by atoms with Gasteiger partial charge in [0.25, 0.3) is 0 Å². The van der Waals surface area contributed by atoms with Gasteiger partial charge in [-0.3, -0.25) is 4.98 Å². The average molecular weight is 283 g/mol. The lowest BCUT2D eigenvalue weighted by atomic mass is 10.0. The largest absolute Gasteiger partial charge is 0.478 e. The average Bonchev–Trinajstić information content (AvgIpc) is 2.47. The van der Waals surface area contributed by atoms with E-state index in [4.69, 9.17) is 10.2 Å². The van der Waals surface area contributed by atoms with Crippen molar-refractivity contribution in [3.05, 3.63) is 59.9 Å². The van der Waals surface area contributed by atoms with E-state index in [1.807, 2.05) is 0 Å². The van der Waals surface area contributed by atoms with Crippen LogP contribution in [0.3, 0.4) is 0 Å². The molecule has 0 amide bonds. The minimum Gasteiger partial charge on any atom is -0.478 e. The van der Waals surface area contributed by atoms with Crippen LogP contribution in [-0.2, 0) is 4.79 Å². The van der Waals surface area contributed by atoms with Crippen molar-refractivity contribution in [2.75, 3.05) is 0 Å². The summed E-state index contributed by atoms with van der Waals surface area (Å²) in [4.78, 5) is 25.8. The van der Waals surface area contributed by atoms with Crippen LogP contribution in [0, 0.1) is 0 Å². The van der Waals surface area contributed by atoms with E-state index < -0.39 is 11.9 Å². The maximum Gasteiger partial charge on any atom is 0.335 e. The first-order valence-electron chi connectivity index (χ1n) is 6.18. The maximum absolute atomic E-state index is 11.0. The Hall–Kier alpha value is -2.95. The smallest absolute Gasteiger partial charge is 0.335 e. The Labute approximate surface area is 121 Å². The van der Waals surface area contributed by atoms with Gasteiger partial charge in [0.05, 0.1) is 5.56 Å². The second-order valence-electron chi connectivity index (χ2n) is 4.51. The summed E-state index contributed by atoms with van der Waals surface area (Å²) in [5, 5.41) is 17.8. The van der Waals surface area contributed by atoms with Crippen molar-refractivity contribution in [2.45, 2.75) is 6.92 Å². The molecule has 0 bridgehead atoms. The van der Waals surface area contributed by atoms with E-state index in [0.717, 1.165) is 11.6 Å². The van der Waals surface area contributed by atoms with Gasteiger partial charge in [-0.25, -0.2) is 9.59 Å². The molecule has 0 unspecified atom stereocenters. The van der Waals surface area contributed by atoms with E-state index in [0.29, 0.717) is 16.7 Å². The van der Waals surface area contributed by atoms with Gasteiger partial charge >= 0.3 is 11.9 Å². The molecule has 5 nitrogen and oxygen atoms in total. The SMILES string of the molecule is C/C(=C\C(=O)O)c1cncc(-c2cccc(C(=O)O)c2)c1. The van der Waals surface area contributed by atoms with Crippen LogP contribution in [0.5, 0.6) is 0 Å². The highest BCUT2D eigenvalue weighted by Crippen LogP contribution is 2.23. The van der Waals surface area contributed by atoms with Gasteiger partial charge in [-0.05, 0) is 41.8 Å². The number of nitrogens with zero attached hydrogens (tertiary/aromatic N) is 1. The van der Waals surface area contributed by atoms with E-state index in [1.54, 1.807) is 43.6 Å². The predicted molar refractivity (Wildman–Crippen MR) is 77.9 cm³/mol. The maximum atomic E-state index is 11.0. The normalized spacial score (nSPS) is 11.2. The summed E-state index contributed by atoms with van der Waals surface area (Å²) in [6.45, 7) is 1.68. The lowest BCUT2D eigenvalue weighted by Gasteiger charge is -2.06. The first-order valence-corrected chi connectivity index (χ1v) is 6.18. The number of aromatic carboxylic acids is 1. The molecular formula is C16H13NO4. The number of rotatable bonds is 4. The highest BCUT2D eigenvalue weighted by atomic mass is 16.4. The molecule has 0 radical (unpaired) electrons. The van der Waals surface area contributed by atoms with Gasteiger partial charge in [0, 0.05) is 24.0 Å². The molecule has 0 aliphatic carbocycles. The third-order valence-electron chi connectivity index (χ3n) is 2.98. The summed E-state index contributed by atoms with van der Waals surface area (Å²) < 4.78 is 0. The topological polar surface area (TPSA) is 87.5 Å². The van der Waals surface area contributed by atoms with Crippen molar-refractivity contribution in [3.8, 4) is 11.1 Å². The lowest BCUT2D eigenvalue weighted by molar-refractivity contribution is -0.131. The van der Waals surface area contributed by atoms with Crippen LogP contribution in [-0.4, -0.2) is 27.1 Å². The van der Waals surface area contributed by atoms with E-state index in [1.165, 1.54) is 6.07 Å². The van der Waals surface area contributed by atoms with Gasteiger partial charge < -0.3 is 10.2 Å². The van der Waals surface area contributed by atoms with Crippen LogP contribution in [0.2, 0.25) is 0 Å². The van der Waals surface area contributed by atoms with Gasteiger partial charge in [0.2, 0.25) is 0 Å². The fraction of sp³-hybridized carbons (Fsp3) is 0.0625. The van der Waals surface area contributed by atoms with Crippen molar-refractivity contribution < 1.29 is 19.8 Å². The molecule has 0 aliphatic heterocycles. The first-order chi connectivity index (χ1) is 9.97. The zero-order valence-electron chi connectivity index (χ0n) is 11.3. The van der Waals surface area contributed by atoms with E-state index in [9.17, 15) is 9.59 Å². The molecule has 0 aliphatic rings. The van der Waals surface area contributed by atoms with E-state index in [2.05, 4.69) is 4.98 Å². The van der Waals surface area contributed by atoms with Crippen LogP contribution in [0.25, 0.3) is 16.7 Å². The molecule has 0 atom stereocenters. The fourth-order valence-electron chi connectivity index (χ4n) is 1.91. The highest BCUT2D eigenvalue weighted by molar-refractivity contribution is 5.91. The molecule has 1 aromatic heterocycles. The zero-order valence-corrected chi connectivity index (χ0v) is 11.3. The summed E-state index contributed by atoms with van der Waals surface area (Å²) >= 11 is 0. The minimum absolute atomic E-state index is 0.190. The number of hydrogen-bond acceptors (Lipinski definition) is 3. The van der Waals surface area contributed by atoms with Crippen molar-refractivity contribution in [2.24, 2.45) is 0 Å². The van der Waals surface area contributed by atoms with Crippen LogP contribution >= 0.6 is 0 Å². The van der Waals surface area contributed by atoms with Crippen LogP contribution in [0.1, 0.15) is 22.8 Å². The number of carbonyl (C=O) groups is 2. The molecule has 1 aromatic carbocycles. The van der Waals surface area contributed by atoms with Crippen molar-refractivity contribution in [3.63, 3.8) is 0 Å². The Bertz CT molecular complexity index is 735. The van der Waals surface area contributed by atoms with E-state index >= 15 is 0 Å². The summed E-state index contributed by atoms with van der Waals surface area (Å²) in [5.41, 5.74) is 2.89. The van der Waals surface area contributed by atoms with Crippen molar-refractivity contribution in [1.82, 2.24) is 4.98 Å². The molecule has 0 fully saturated rings. The first kappa shape index (κ1) is 14.5. The second-order valence-corrected chi connectivity index (χ2v) is 4.51. The van der Waals surface area contributed by atoms with Gasteiger partial charge in [-0.1, -0.05) is 12.1 Å². The molecule has 1 heterocycles. The molecular weight excluding hydrogens is 270 g/mol. The van der Waals surface area contributed by atoms with Crippen molar-refractivity contribution >= 4 is 17.5 Å². The van der Waals surface area contributed by atoms with Crippen LogP contribution < -0.4 is 0 Å². The number of pyridine rings is 1. The molecule has 2 rings (SSSR count). The molecule has 5 heteroatoms. The molecule has 2 N–H and O–H groups in total. The van der Waals surface area contributed by atoms with Crippen LogP contribution in [0.4, 0.5) is 0 Å². The standard InChI is InChI=1S/C16H13NO4/c1-10(5-15(18)19)13-7-14(9-17-8-13)11-3-2-4-12(6-11)16(20)21/h2-9H,1H3,(H,18,19)(H,20,21)/b10-5+. The zero-order chi connectivity index (χ0) is 15.4. The van der Waals surface area contributed by atoms with Crippen LogP contribution in [0.15, 0.2) is 48.8 Å². The number of carboxylic acids is 2. The summed E-state index contributed by atoms with van der Waals surface area (Å²) in [7, 11) is 0. The van der Waals surface area contributed by atoms with Gasteiger partial charge in [-0.15, -0.1) is 0 Å². The van der Waals surface area contributed by atoms with Gasteiger partial charge in [0.15, 0.2) is 0 Å². The number of aromatic nitrogens is 1. The second kappa shape index (κ2) is 6.00. The van der Waals surface area contributed by atoms with Crippen molar-refractivity contribution in [1.29, 1.82) is 0 Å². The van der Waals surface area contributed by atoms with E-state index in [-0.39, 0.29) is 5.56 Å². The Morgan fingerprint density at radius 3 is 2.43 bits per heavy atom. The monoisotopic (exact) mass is 283 g/mol. The molecule has 106 valence electrons. The third kappa shape index (κ3) is 3.54. The number of benzene rings is 1. The minimum atomic E-state index is -1.02. The molecule has 2 aromatic rings. The fourth-order valence-corrected chi connectivity index (χ4v) is 1.91. The quantitative estimate of drug-likeness (QED) is 0.842. The number of aliphatic carboxylic acids is 1. The molecule has 0 saturated carbocycles. The number of allylic oxidation sites excluding steroid dienone is 1. The Kier molecular flexibility index (Phi) is 4.13. The molecule has 21 heavy (non-hydrogen) atoms. The summed E-state index contributed by atoms with van der Waals surface area (Å²) in [6.07, 6.45) is 4.28. The Morgan fingerprint density at radius 1 is 1.05 bits per heavy atom. The highest BCUT2D eigenvalue weighted by Gasteiger charge is 2.07. The number of hydrogen-bond donors (Lipinski definition) is 2.